The summed E-state index contributed by atoms with van der Waals surface area (Å²) in [7, 11) is 0. The SMILES string of the molecule is Cc1nc2cc(Nc3cc(F)ccc3Br)c(N)cc2s1. The van der Waals surface area contributed by atoms with Gasteiger partial charge in [-0.1, -0.05) is 0 Å². The van der Waals surface area contributed by atoms with Crippen molar-refractivity contribution in [1.29, 1.82) is 0 Å². The van der Waals surface area contributed by atoms with Crippen molar-refractivity contribution in [1.82, 2.24) is 4.98 Å². The van der Waals surface area contributed by atoms with E-state index in [0.717, 1.165) is 19.7 Å². The number of nitrogens with zero attached hydrogens (tertiary/aromatic N) is 1. The Morgan fingerprint density at radius 1 is 1.25 bits per heavy atom. The highest BCUT2D eigenvalue weighted by Crippen LogP contribution is 2.33. The lowest BCUT2D eigenvalue weighted by Gasteiger charge is -2.11. The number of hydrogen-bond donors (Lipinski definition) is 2. The minimum Gasteiger partial charge on any atom is -0.397 e. The first-order chi connectivity index (χ1) is 9.52. The third-order valence-corrected chi connectivity index (χ3v) is 4.49. The first-order valence-electron chi connectivity index (χ1n) is 5.91. The lowest BCUT2D eigenvalue weighted by molar-refractivity contribution is 0.628. The molecule has 3 N–H and O–H groups in total. The molecule has 0 bridgehead atoms. The molecule has 20 heavy (non-hydrogen) atoms. The van der Waals surface area contributed by atoms with Gasteiger partial charge in [-0.3, -0.25) is 0 Å². The van der Waals surface area contributed by atoms with Crippen LogP contribution in [0.4, 0.5) is 21.5 Å². The fraction of sp³-hybridized carbons (Fsp3) is 0.0714. The Bertz CT molecular complexity index is 800. The van der Waals surface area contributed by atoms with E-state index in [2.05, 4.69) is 26.2 Å². The van der Waals surface area contributed by atoms with Crippen molar-refractivity contribution in [2.45, 2.75) is 6.92 Å². The van der Waals surface area contributed by atoms with E-state index in [9.17, 15) is 4.39 Å². The van der Waals surface area contributed by atoms with Crippen molar-refractivity contribution < 1.29 is 4.39 Å². The number of nitrogen functional groups attached to an aromatic ring is 1. The number of anilines is 3. The Labute approximate surface area is 127 Å². The topological polar surface area (TPSA) is 50.9 Å². The minimum absolute atomic E-state index is 0.306. The highest BCUT2D eigenvalue weighted by Gasteiger charge is 2.08. The molecule has 0 amide bonds. The Balaban J connectivity index is 2.05. The van der Waals surface area contributed by atoms with E-state index in [1.54, 1.807) is 17.4 Å². The number of aryl methyl sites for hydroxylation is 1. The summed E-state index contributed by atoms with van der Waals surface area (Å²) in [6.45, 7) is 1.96. The highest BCUT2D eigenvalue weighted by molar-refractivity contribution is 9.10. The van der Waals surface area contributed by atoms with Crippen LogP contribution in [-0.4, -0.2) is 4.98 Å². The molecule has 3 nitrogen and oxygen atoms in total. The molecule has 1 aromatic heterocycles. The summed E-state index contributed by atoms with van der Waals surface area (Å²) in [5.41, 5.74) is 8.88. The van der Waals surface area contributed by atoms with Crippen LogP contribution in [0.3, 0.4) is 0 Å². The second-order valence-electron chi connectivity index (χ2n) is 4.39. The molecular weight excluding hydrogens is 341 g/mol. The maximum atomic E-state index is 13.3. The van der Waals surface area contributed by atoms with E-state index < -0.39 is 0 Å². The number of fused-ring (bicyclic) bond motifs is 1. The van der Waals surface area contributed by atoms with E-state index in [-0.39, 0.29) is 5.82 Å². The van der Waals surface area contributed by atoms with Crippen molar-refractivity contribution in [3.8, 4) is 0 Å². The standard InChI is InChI=1S/C14H11BrFN3S/c1-7-18-13-6-12(10(17)5-14(13)20-7)19-11-4-8(16)2-3-9(11)15/h2-6,19H,17H2,1H3. The fourth-order valence-electron chi connectivity index (χ4n) is 1.95. The monoisotopic (exact) mass is 351 g/mol. The van der Waals surface area contributed by atoms with Gasteiger partial charge in [0.2, 0.25) is 0 Å². The van der Waals surface area contributed by atoms with Crippen molar-refractivity contribution in [2.75, 3.05) is 11.1 Å². The number of nitrogens with two attached hydrogens (primary N) is 1. The van der Waals surface area contributed by atoms with Crippen LogP contribution in [0.5, 0.6) is 0 Å². The van der Waals surface area contributed by atoms with Gasteiger partial charge in [0.1, 0.15) is 5.82 Å². The van der Waals surface area contributed by atoms with E-state index in [1.807, 2.05) is 19.1 Å². The van der Waals surface area contributed by atoms with Gasteiger partial charge >= 0.3 is 0 Å². The van der Waals surface area contributed by atoms with Crippen LogP contribution in [0.1, 0.15) is 5.01 Å². The summed E-state index contributed by atoms with van der Waals surface area (Å²) >= 11 is 4.98. The molecule has 0 aliphatic heterocycles. The van der Waals surface area contributed by atoms with Crippen molar-refractivity contribution in [2.24, 2.45) is 0 Å². The number of nitrogens with one attached hydrogen (secondary N) is 1. The van der Waals surface area contributed by atoms with Gasteiger partial charge in [-0.2, -0.15) is 0 Å². The first-order valence-corrected chi connectivity index (χ1v) is 7.52. The first kappa shape index (κ1) is 13.3. The molecule has 0 radical (unpaired) electrons. The molecule has 6 heteroatoms. The van der Waals surface area contributed by atoms with Gasteiger partial charge < -0.3 is 11.1 Å². The van der Waals surface area contributed by atoms with E-state index in [4.69, 9.17) is 5.73 Å². The summed E-state index contributed by atoms with van der Waals surface area (Å²) in [6.07, 6.45) is 0. The predicted molar refractivity (Wildman–Crippen MR) is 86.2 cm³/mol. The van der Waals surface area contributed by atoms with Crippen LogP contribution < -0.4 is 11.1 Å². The Morgan fingerprint density at radius 2 is 2.05 bits per heavy atom. The molecule has 0 spiro atoms. The van der Waals surface area contributed by atoms with E-state index in [1.165, 1.54) is 12.1 Å². The molecule has 0 unspecified atom stereocenters. The third kappa shape index (κ3) is 2.48. The molecule has 0 saturated carbocycles. The summed E-state index contributed by atoms with van der Waals surface area (Å²) in [5, 5.41) is 4.12. The summed E-state index contributed by atoms with van der Waals surface area (Å²) in [6, 6.07) is 8.23. The molecule has 0 atom stereocenters. The van der Waals surface area contributed by atoms with Crippen LogP contribution in [0.2, 0.25) is 0 Å². The Morgan fingerprint density at radius 3 is 2.85 bits per heavy atom. The zero-order valence-corrected chi connectivity index (χ0v) is 13.0. The van der Waals surface area contributed by atoms with Crippen molar-refractivity contribution in [3.05, 3.63) is 45.6 Å². The molecule has 0 saturated heterocycles. The Kier molecular flexibility index (Phi) is 3.35. The maximum Gasteiger partial charge on any atom is 0.125 e. The fourth-order valence-corrected chi connectivity index (χ4v) is 3.15. The second kappa shape index (κ2) is 5.03. The van der Waals surface area contributed by atoms with Crippen LogP contribution >= 0.6 is 27.3 Å². The lowest BCUT2D eigenvalue weighted by atomic mass is 10.2. The number of aromatic nitrogens is 1. The third-order valence-electron chi connectivity index (χ3n) is 2.86. The van der Waals surface area contributed by atoms with Crippen LogP contribution in [0, 0.1) is 12.7 Å². The van der Waals surface area contributed by atoms with Crippen molar-refractivity contribution >= 4 is 54.5 Å². The molecule has 3 rings (SSSR count). The van der Waals surface area contributed by atoms with Gasteiger partial charge in [-0.05, 0) is 53.2 Å². The van der Waals surface area contributed by atoms with Crippen LogP contribution in [0.25, 0.3) is 10.2 Å². The summed E-state index contributed by atoms with van der Waals surface area (Å²) in [5.74, 6) is -0.306. The highest BCUT2D eigenvalue weighted by atomic mass is 79.9. The second-order valence-corrected chi connectivity index (χ2v) is 6.48. The van der Waals surface area contributed by atoms with Gasteiger partial charge in [0.25, 0.3) is 0 Å². The molecule has 2 aromatic carbocycles. The van der Waals surface area contributed by atoms with Gasteiger partial charge in [0.05, 0.1) is 32.3 Å². The van der Waals surface area contributed by atoms with Gasteiger partial charge in [0, 0.05) is 4.47 Å². The molecule has 1 heterocycles. The zero-order chi connectivity index (χ0) is 14.3. The molecule has 3 aromatic rings. The number of hydrogen-bond acceptors (Lipinski definition) is 4. The zero-order valence-electron chi connectivity index (χ0n) is 10.6. The smallest absolute Gasteiger partial charge is 0.125 e. The summed E-state index contributed by atoms with van der Waals surface area (Å²) < 4.78 is 15.1. The van der Waals surface area contributed by atoms with Gasteiger partial charge in [-0.25, -0.2) is 9.37 Å². The molecule has 0 fully saturated rings. The molecule has 0 aliphatic carbocycles. The normalized spacial score (nSPS) is 10.9. The van der Waals surface area contributed by atoms with Gasteiger partial charge in [0.15, 0.2) is 0 Å². The van der Waals surface area contributed by atoms with Crippen molar-refractivity contribution in [3.63, 3.8) is 0 Å². The quantitative estimate of drug-likeness (QED) is 0.650. The minimum atomic E-state index is -0.306. The molecule has 102 valence electrons. The number of rotatable bonds is 2. The number of halogens is 2. The van der Waals surface area contributed by atoms with E-state index in [0.29, 0.717) is 17.1 Å². The van der Waals surface area contributed by atoms with Crippen LogP contribution in [-0.2, 0) is 0 Å². The van der Waals surface area contributed by atoms with Gasteiger partial charge in [-0.15, -0.1) is 11.3 Å². The predicted octanol–water partition coefficient (Wildman–Crippen LogP) is 4.83. The summed E-state index contributed by atoms with van der Waals surface area (Å²) in [4.78, 5) is 4.43. The lowest BCUT2D eigenvalue weighted by Crippen LogP contribution is -1.97. The largest absolute Gasteiger partial charge is 0.397 e. The maximum absolute atomic E-state index is 13.3. The molecular formula is C14H11BrFN3S. The van der Waals surface area contributed by atoms with Crippen LogP contribution in [0.15, 0.2) is 34.8 Å². The molecule has 0 aliphatic rings. The number of benzene rings is 2. The average Bonchev–Trinajstić information content (AvgIpc) is 2.73. The Hall–Kier alpha value is -1.66. The average molecular weight is 352 g/mol. The number of thiazole rings is 1. The van der Waals surface area contributed by atoms with E-state index >= 15 is 0 Å².